The Morgan fingerprint density at radius 1 is 1.21 bits per heavy atom. The number of nitrogens with zero attached hydrogens (tertiary/aromatic N) is 2. The number of nitrogens with one attached hydrogen (secondary N) is 1. The second-order valence-electron chi connectivity index (χ2n) is 4.23. The number of hydrogen-bond acceptors (Lipinski definition) is 3. The van der Waals surface area contributed by atoms with Crippen LogP contribution < -0.4 is 5.32 Å². The molecule has 1 aromatic carbocycles. The molecule has 98 valence electrons. The van der Waals surface area contributed by atoms with E-state index in [9.17, 15) is 4.79 Å². The molecule has 0 fully saturated rings. The highest BCUT2D eigenvalue weighted by atomic mass is 16.2. The summed E-state index contributed by atoms with van der Waals surface area (Å²) in [6, 6.07) is 11.2. The monoisotopic (exact) mass is 255 g/mol. The second kappa shape index (κ2) is 6.00. The van der Waals surface area contributed by atoms with Gasteiger partial charge in [-0.2, -0.15) is 0 Å². The maximum atomic E-state index is 12.3. The topological polar surface area (TPSA) is 45.2 Å². The van der Waals surface area contributed by atoms with Gasteiger partial charge in [0, 0.05) is 31.7 Å². The van der Waals surface area contributed by atoms with E-state index in [0.717, 1.165) is 11.4 Å². The minimum Gasteiger partial charge on any atom is -0.355 e. The van der Waals surface area contributed by atoms with E-state index in [4.69, 9.17) is 0 Å². The van der Waals surface area contributed by atoms with Crippen molar-refractivity contribution in [1.29, 1.82) is 0 Å². The average molecular weight is 255 g/mol. The number of carbonyl (C=O) groups excluding carboxylic acids is 1. The van der Waals surface area contributed by atoms with E-state index < -0.39 is 0 Å². The summed E-state index contributed by atoms with van der Waals surface area (Å²) in [7, 11) is 1.80. The molecular weight excluding hydrogens is 238 g/mol. The van der Waals surface area contributed by atoms with Crippen molar-refractivity contribution in [2.45, 2.75) is 6.92 Å². The van der Waals surface area contributed by atoms with Crippen molar-refractivity contribution < 1.29 is 4.79 Å². The van der Waals surface area contributed by atoms with Crippen LogP contribution in [0.15, 0.2) is 48.8 Å². The van der Waals surface area contributed by atoms with E-state index in [1.165, 1.54) is 0 Å². The van der Waals surface area contributed by atoms with Gasteiger partial charge in [-0.15, -0.1) is 0 Å². The molecule has 0 radical (unpaired) electrons. The van der Waals surface area contributed by atoms with Gasteiger partial charge in [-0.3, -0.25) is 9.78 Å². The Hall–Kier alpha value is -2.36. The van der Waals surface area contributed by atoms with Crippen molar-refractivity contribution in [2.24, 2.45) is 0 Å². The Kier molecular flexibility index (Phi) is 4.13. The first-order chi connectivity index (χ1) is 9.22. The average Bonchev–Trinajstić information content (AvgIpc) is 2.47. The second-order valence-corrected chi connectivity index (χ2v) is 4.23. The van der Waals surface area contributed by atoms with Gasteiger partial charge in [0.05, 0.1) is 11.3 Å². The van der Waals surface area contributed by atoms with Crippen LogP contribution in [-0.2, 0) is 0 Å². The number of hydrogen-bond donors (Lipinski definition) is 1. The van der Waals surface area contributed by atoms with E-state index in [1.807, 2.05) is 43.3 Å². The number of amides is 1. The lowest BCUT2D eigenvalue weighted by Crippen LogP contribution is -2.26. The molecule has 0 saturated carbocycles. The van der Waals surface area contributed by atoms with E-state index in [1.54, 1.807) is 24.3 Å². The fourth-order valence-corrected chi connectivity index (χ4v) is 1.72. The molecule has 0 aliphatic rings. The third-order valence-corrected chi connectivity index (χ3v) is 2.94. The van der Waals surface area contributed by atoms with E-state index in [2.05, 4.69) is 10.3 Å². The predicted molar refractivity (Wildman–Crippen MR) is 76.6 cm³/mol. The molecule has 1 heterocycles. The molecule has 0 spiro atoms. The third-order valence-electron chi connectivity index (χ3n) is 2.94. The van der Waals surface area contributed by atoms with Crippen LogP contribution in [0.1, 0.15) is 17.3 Å². The fraction of sp³-hybridized carbons (Fsp3) is 0.200. The van der Waals surface area contributed by atoms with Crippen LogP contribution in [0.3, 0.4) is 0 Å². The summed E-state index contributed by atoms with van der Waals surface area (Å²) < 4.78 is 0. The summed E-state index contributed by atoms with van der Waals surface area (Å²) in [6.45, 7) is 2.64. The standard InChI is InChI=1S/C15H17N3O/c1-3-18(2)15(19)13-6-4-5-7-14(13)17-12-8-10-16-11-9-12/h4-11H,3H2,1-2H3,(H,16,17). The highest BCUT2D eigenvalue weighted by Crippen LogP contribution is 2.21. The quantitative estimate of drug-likeness (QED) is 0.913. The predicted octanol–water partition coefficient (Wildman–Crippen LogP) is 2.92. The van der Waals surface area contributed by atoms with Crippen molar-refractivity contribution in [3.05, 3.63) is 54.4 Å². The van der Waals surface area contributed by atoms with E-state index >= 15 is 0 Å². The zero-order valence-electron chi connectivity index (χ0n) is 11.1. The van der Waals surface area contributed by atoms with Crippen molar-refractivity contribution in [2.75, 3.05) is 18.9 Å². The molecule has 4 heteroatoms. The Morgan fingerprint density at radius 3 is 2.58 bits per heavy atom. The smallest absolute Gasteiger partial charge is 0.255 e. The summed E-state index contributed by atoms with van der Waals surface area (Å²) in [6.07, 6.45) is 3.43. The lowest BCUT2D eigenvalue weighted by atomic mass is 10.1. The van der Waals surface area contributed by atoms with Gasteiger partial charge in [-0.05, 0) is 31.2 Å². The molecular formula is C15H17N3O. The normalized spacial score (nSPS) is 10.0. The van der Waals surface area contributed by atoms with Gasteiger partial charge in [0.15, 0.2) is 0 Å². The first kappa shape index (κ1) is 13.1. The molecule has 2 rings (SSSR count). The van der Waals surface area contributed by atoms with Crippen LogP contribution in [0.2, 0.25) is 0 Å². The van der Waals surface area contributed by atoms with E-state index in [-0.39, 0.29) is 5.91 Å². The highest BCUT2D eigenvalue weighted by molar-refractivity contribution is 6.00. The number of carbonyl (C=O) groups is 1. The zero-order chi connectivity index (χ0) is 13.7. The van der Waals surface area contributed by atoms with E-state index in [0.29, 0.717) is 12.1 Å². The molecule has 19 heavy (non-hydrogen) atoms. The third kappa shape index (κ3) is 3.10. The summed E-state index contributed by atoms with van der Waals surface area (Å²) in [5.41, 5.74) is 2.39. The van der Waals surface area contributed by atoms with Gasteiger partial charge in [0.25, 0.3) is 5.91 Å². The largest absolute Gasteiger partial charge is 0.355 e. The number of anilines is 2. The number of para-hydroxylation sites is 1. The van der Waals surface area contributed by atoms with Crippen molar-refractivity contribution in [3.63, 3.8) is 0 Å². The SMILES string of the molecule is CCN(C)C(=O)c1ccccc1Nc1ccncc1. The van der Waals surface area contributed by atoms with Crippen molar-refractivity contribution in [3.8, 4) is 0 Å². The molecule has 1 aromatic heterocycles. The number of pyridine rings is 1. The van der Waals surface area contributed by atoms with Crippen LogP contribution in [0, 0.1) is 0 Å². The maximum Gasteiger partial charge on any atom is 0.255 e. The van der Waals surface area contributed by atoms with Crippen LogP contribution in [0.5, 0.6) is 0 Å². The highest BCUT2D eigenvalue weighted by Gasteiger charge is 2.14. The molecule has 0 atom stereocenters. The summed E-state index contributed by atoms with van der Waals surface area (Å²) in [5, 5.41) is 3.24. The molecule has 4 nitrogen and oxygen atoms in total. The van der Waals surface area contributed by atoms with Crippen molar-refractivity contribution >= 4 is 17.3 Å². The van der Waals surface area contributed by atoms with Crippen LogP contribution in [0.25, 0.3) is 0 Å². The van der Waals surface area contributed by atoms with Gasteiger partial charge in [0.1, 0.15) is 0 Å². The van der Waals surface area contributed by atoms with Gasteiger partial charge < -0.3 is 10.2 Å². The number of rotatable bonds is 4. The first-order valence-electron chi connectivity index (χ1n) is 6.24. The molecule has 0 saturated heterocycles. The Bertz CT molecular complexity index is 554. The summed E-state index contributed by atoms with van der Waals surface area (Å²) >= 11 is 0. The molecule has 0 aliphatic carbocycles. The molecule has 0 unspecified atom stereocenters. The Morgan fingerprint density at radius 2 is 1.89 bits per heavy atom. The maximum absolute atomic E-state index is 12.3. The molecule has 0 bridgehead atoms. The molecule has 2 aromatic rings. The van der Waals surface area contributed by atoms with Gasteiger partial charge >= 0.3 is 0 Å². The fourth-order valence-electron chi connectivity index (χ4n) is 1.72. The lowest BCUT2D eigenvalue weighted by Gasteiger charge is -2.17. The summed E-state index contributed by atoms with van der Waals surface area (Å²) in [4.78, 5) is 17.9. The number of aromatic nitrogens is 1. The van der Waals surface area contributed by atoms with Crippen molar-refractivity contribution in [1.82, 2.24) is 9.88 Å². The summed E-state index contributed by atoms with van der Waals surface area (Å²) in [5.74, 6) is 0.0136. The molecule has 1 N–H and O–H groups in total. The van der Waals surface area contributed by atoms with Gasteiger partial charge in [-0.25, -0.2) is 0 Å². The van der Waals surface area contributed by atoms with Crippen LogP contribution >= 0.6 is 0 Å². The Labute approximate surface area is 113 Å². The van der Waals surface area contributed by atoms with Crippen LogP contribution in [0.4, 0.5) is 11.4 Å². The minimum absolute atomic E-state index is 0.0136. The minimum atomic E-state index is 0.0136. The lowest BCUT2D eigenvalue weighted by molar-refractivity contribution is 0.0803. The van der Waals surface area contributed by atoms with Crippen LogP contribution in [-0.4, -0.2) is 29.4 Å². The van der Waals surface area contributed by atoms with Gasteiger partial charge in [-0.1, -0.05) is 12.1 Å². The van der Waals surface area contributed by atoms with Gasteiger partial charge in [0.2, 0.25) is 0 Å². The zero-order valence-corrected chi connectivity index (χ0v) is 11.1. The number of benzene rings is 1. The first-order valence-corrected chi connectivity index (χ1v) is 6.24. The molecule has 0 aliphatic heterocycles. The molecule has 1 amide bonds. The Balaban J connectivity index is 2.29.